The van der Waals surface area contributed by atoms with Crippen LogP contribution in [0.5, 0.6) is 0 Å². The first-order chi connectivity index (χ1) is 12.7. The summed E-state index contributed by atoms with van der Waals surface area (Å²) in [6, 6.07) is 0. The molecule has 4 heterocycles. The van der Waals surface area contributed by atoms with E-state index >= 15 is 0 Å². The summed E-state index contributed by atoms with van der Waals surface area (Å²) in [5, 5.41) is 4.23. The number of rotatable bonds is 5. The van der Waals surface area contributed by atoms with Gasteiger partial charge in [0.05, 0.1) is 17.7 Å². The van der Waals surface area contributed by atoms with Crippen molar-refractivity contribution < 1.29 is 0 Å². The van der Waals surface area contributed by atoms with Gasteiger partial charge in [0.25, 0.3) is 0 Å². The van der Waals surface area contributed by atoms with E-state index in [0.29, 0.717) is 5.92 Å². The maximum Gasteiger partial charge on any atom is 0.188 e. The number of aryl methyl sites for hydroxylation is 2. The van der Waals surface area contributed by atoms with Crippen LogP contribution in [0.1, 0.15) is 35.0 Å². The number of piperidine rings is 1. The fourth-order valence-electron chi connectivity index (χ4n) is 3.45. The number of hydrogen-bond acceptors (Lipinski definition) is 7. The van der Waals surface area contributed by atoms with Crippen LogP contribution in [0.2, 0.25) is 0 Å². The first-order valence-electron chi connectivity index (χ1n) is 8.87. The molecule has 3 aromatic rings. The highest BCUT2D eigenvalue weighted by atomic mass is 32.1. The lowest BCUT2D eigenvalue weighted by Gasteiger charge is -2.32. The Morgan fingerprint density at radius 1 is 1.23 bits per heavy atom. The van der Waals surface area contributed by atoms with Crippen molar-refractivity contribution in [1.82, 2.24) is 29.4 Å². The average Bonchev–Trinajstić information content (AvgIpc) is 3.24. The van der Waals surface area contributed by atoms with Crippen molar-refractivity contribution in [2.45, 2.75) is 32.2 Å². The third-order valence-corrected chi connectivity index (χ3v) is 5.60. The van der Waals surface area contributed by atoms with Gasteiger partial charge < -0.3 is 9.88 Å². The number of nitrogens with zero attached hydrogens (tertiary/aromatic N) is 6. The Kier molecular flexibility index (Phi) is 4.94. The molecule has 0 radical (unpaired) electrons. The number of thiazole rings is 1. The average molecular weight is 369 g/mol. The van der Waals surface area contributed by atoms with Gasteiger partial charge in [-0.15, -0.1) is 11.3 Å². The number of aromatic nitrogens is 5. The van der Waals surface area contributed by atoms with Crippen molar-refractivity contribution in [3.63, 3.8) is 0 Å². The number of imidazole rings is 1. The molecule has 136 valence electrons. The molecule has 1 atom stereocenters. The molecule has 1 aliphatic rings. The zero-order valence-electron chi connectivity index (χ0n) is 15.1. The summed E-state index contributed by atoms with van der Waals surface area (Å²) in [5.41, 5.74) is 2.27. The van der Waals surface area contributed by atoms with Crippen LogP contribution in [0.15, 0.2) is 31.1 Å². The molecule has 0 bridgehead atoms. The molecule has 4 rings (SSSR count). The molecule has 1 fully saturated rings. The highest BCUT2D eigenvalue weighted by molar-refractivity contribution is 7.15. The van der Waals surface area contributed by atoms with E-state index in [0.717, 1.165) is 49.1 Å². The van der Waals surface area contributed by atoms with Gasteiger partial charge in [-0.2, -0.15) is 0 Å². The van der Waals surface area contributed by atoms with Crippen molar-refractivity contribution >= 4 is 22.3 Å². The lowest BCUT2D eigenvalue weighted by atomic mass is 9.94. The topological polar surface area (TPSA) is 71.8 Å². The van der Waals surface area contributed by atoms with Gasteiger partial charge in [0.1, 0.15) is 0 Å². The first kappa shape index (κ1) is 17.1. The summed E-state index contributed by atoms with van der Waals surface area (Å²) in [5.74, 6) is 1.20. The summed E-state index contributed by atoms with van der Waals surface area (Å²) >= 11 is 1.63. The summed E-state index contributed by atoms with van der Waals surface area (Å²) in [6.45, 7) is 5.06. The second kappa shape index (κ2) is 7.51. The van der Waals surface area contributed by atoms with Gasteiger partial charge in [-0.25, -0.2) is 15.0 Å². The Hall–Kier alpha value is -2.32. The molecular weight excluding hydrogens is 346 g/mol. The van der Waals surface area contributed by atoms with Crippen molar-refractivity contribution in [2.75, 3.05) is 18.4 Å². The van der Waals surface area contributed by atoms with Crippen LogP contribution in [0, 0.1) is 6.92 Å². The molecule has 7 nitrogen and oxygen atoms in total. The second-order valence-electron chi connectivity index (χ2n) is 6.76. The predicted octanol–water partition coefficient (Wildman–Crippen LogP) is 3.10. The predicted molar refractivity (Wildman–Crippen MR) is 103 cm³/mol. The van der Waals surface area contributed by atoms with Gasteiger partial charge in [0.15, 0.2) is 10.9 Å². The molecule has 1 aliphatic heterocycles. The van der Waals surface area contributed by atoms with E-state index in [-0.39, 0.29) is 0 Å². The molecule has 0 aromatic carbocycles. The first-order valence-corrected chi connectivity index (χ1v) is 9.68. The minimum Gasteiger partial charge on any atom is -0.337 e. The Morgan fingerprint density at radius 2 is 2.12 bits per heavy atom. The van der Waals surface area contributed by atoms with E-state index in [1.165, 1.54) is 10.6 Å². The molecule has 1 unspecified atom stereocenters. The molecule has 0 amide bonds. The molecule has 0 aliphatic carbocycles. The lowest BCUT2D eigenvalue weighted by Crippen LogP contribution is -2.35. The van der Waals surface area contributed by atoms with E-state index < -0.39 is 0 Å². The third kappa shape index (κ3) is 3.76. The molecule has 3 aromatic heterocycles. The van der Waals surface area contributed by atoms with Gasteiger partial charge >= 0.3 is 0 Å². The SMILES string of the molecule is Cc1cnc(Nc2nccnc2C2CCCN(Cc3cncn3C)C2)s1. The van der Waals surface area contributed by atoms with Crippen LogP contribution >= 0.6 is 11.3 Å². The Balaban J connectivity index is 1.50. The molecule has 0 spiro atoms. The highest BCUT2D eigenvalue weighted by Gasteiger charge is 2.25. The van der Waals surface area contributed by atoms with Crippen LogP contribution in [-0.4, -0.2) is 42.5 Å². The van der Waals surface area contributed by atoms with Crippen molar-refractivity contribution in [2.24, 2.45) is 7.05 Å². The van der Waals surface area contributed by atoms with Gasteiger partial charge in [-0.1, -0.05) is 0 Å². The van der Waals surface area contributed by atoms with Gasteiger partial charge in [-0.3, -0.25) is 9.88 Å². The highest BCUT2D eigenvalue weighted by Crippen LogP contribution is 2.31. The minimum atomic E-state index is 0.370. The fourth-order valence-corrected chi connectivity index (χ4v) is 4.11. The van der Waals surface area contributed by atoms with E-state index in [9.17, 15) is 0 Å². The van der Waals surface area contributed by atoms with Crippen LogP contribution in [0.3, 0.4) is 0 Å². The van der Waals surface area contributed by atoms with E-state index in [1.807, 2.05) is 25.8 Å². The van der Waals surface area contributed by atoms with Gasteiger partial charge in [0.2, 0.25) is 0 Å². The van der Waals surface area contributed by atoms with Gasteiger partial charge in [-0.05, 0) is 26.3 Å². The fraction of sp³-hybridized carbons (Fsp3) is 0.444. The van der Waals surface area contributed by atoms with Crippen LogP contribution in [0.4, 0.5) is 10.9 Å². The van der Waals surface area contributed by atoms with E-state index in [4.69, 9.17) is 0 Å². The standard InChI is InChI=1S/C18H23N7S/c1-13-8-22-18(26-13)23-17-16(20-5-6-21-17)14-4-3-7-25(10-14)11-15-9-19-12-24(15)2/h5-6,8-9,12,14H,3-4,7,10-11H2,1-2H3,(H,21,22,23). The molecule has 26 heavy (non-hydrogen) atoms. The quantitative estimate of drug-likeness (QED) is 0.745. The normalized spacial score (nSPS) is 18.2. The molecule has 8 heteroatoms. The zero-order valence-corrected chi connectivity index (χ0v) is 15.9. The second-order valence-corrected chi connectivity index (χ2v) is 8.00. The van der Waals surface area contributed by atoms with Crippen LogP contribution < -0.4 is 5.32 Å². The third-order valence-electron chi connectivity index (χ3n) is 4.77. The summed E-state index contributed by atoms with van der Waals surface area (Å²) in [6.07, 6.45) is 11.5. The smallest absolute Gasteiger partial charge is 0.188 e. The Morgan fingerprint density at radius 3 is 2.88 bits per heavy atom. The van der Waals surface area contributed by atoms with E-state index in [2.05, 4.69) is 41.6 Å². The molecule has 1 saturated heterocycles. The largest absolute Gasteiger partial charge is 0.337 e. The van der Waals surface area contributed by atoms with Crippen molar-refractivity contribution in [1.29, 1.82) is 0 Å². The van der Waals surface area contributed by atoms with Crippen LogP contribution in [-0.2, 0) is 13.6 Å². The monoisotopic (exact) mass is 369 g/mol. The molecular formula is C18H23N7S. The zero-order chi connectivity index (χ0) is 17.9. The van der Waals surface area contributed by atoms with E-state index in [1.54, 1.807) is 23.7 Å². The molecule has 1 N–H and O–H groups in total. The van der Waals surface area contributed by atoms with Gasteiger partial charge in [0, 0.05) is 55.7 Å². The Bertz CT molecular complexity index is 872. The minimum absolute atomic E-state index is 0.370. The maximum atomic E-state index is 4.66. The number of anilines is 2. The number of nitrogens with one attached hydrogen (secondary N) is 1. The van der Waals surface area contributed by atoms with Crippen molar-refractivity contribution in [3.8, 4) is 0 Å². The lowest BCUT2D eigenvalue weighted by molar-refractivity contribution is 0.195. The Labute approximate surface area is 157 Å². The summed E-state index contributed by atoms with van der Waals surface area (Å²) in [7, 11) is 2.05. The number of likely N-dealkylation sites (tertiary alicyclic amines) is 1. The summed E-state index contributed by atoms with van der Waals surface area (Å²) < 4.78 is 2.09. The maximum absolute atomic E-state index is 4.66. The number of hydrogen-bond donors (Lipinski definition) is 1. The van der Waals surface area contributed by atoms with Crippen molar-refractivity contribution in [3.05, 3.63) is 47.4 Å². The van der Waals surface area contributed by atoms with Crippen LogP contribution in [0.25, 0.3) is 0 Å². The summed E-state index contributed by atoms with van der Waals surface area (Å²) in [4.78, 5) is 21.5. The molecule has 0 saturated carbocycles.